The van der Waals surface area contributed by atoms with Crippen LogP contribution in [0.25, 0.3) is 6.08 Å². The van der Waals surface area contributed by atoms with Crippen molar-refractivity contribution >= 4 is 23.8 Å². The number of allylic oxidation sites excluding steroid dienone is 5. The summed E-state index contributed by atoms with van der Waals surface area (Å²) >= 11 is 6.28. The zero-order valence-electron chi connectivity index (χ0n) is 18.9. The molecule has 1 unspecified atom stereocenters. The van der Waals surface area contributed by atoms with Crippen LogP contribution in [-0.4, -0.2) is 29.7 Å². The lowest BCUT2D eigenvalue weighted by Gasteiger charge is -2.37. The van der Waals surface area contributed by atoms with Gasteiger partial charge in [0.15, 0.2) is 0 Å². The standard InChI is InChI=1S/C26H35ClN2O2/c1-5-6-10-21-19-22(27)12-13-24(21)23(11-8-7-9-16-28)20-14-17-29(18-15-20)25(30)31-26(2,3)4/h5-10,12-13,16,19-20,23H,1,11,14-15,17-18,28H2,2-4H3/b8-7-,10-6+,16-9-. The number of carbonyl (C=O) groups excluding carboxylic acids is 1. The molecular weight excluding hydrogens is 408 g/mol. The summed E-state index contributed by atoms with van der Waals surface area (Å²) in [4.78, 5) is 14.3. The van der Waals surface area contributed by atoms with E-state index in [2.05, 4.69) is 24.8 Å². The Hall–Kier alpha value is -2.46. The summed E-state index contributed by atoms with van der Waals surface area (Å²) in [7, 11) is 0. The number of hydrogen-bond acceptors (Lipinski definition) is 3. The van der Waals surface area contributed by atoms with Gasteiger partial charge < -0.3 is 15.4 Å². The maximum absolute atomic E-state index is 12.5. The van der Waals surface area contributed by atoms with Crippen molar-refractivity contribution in [1.82, 2.24) is 4.90 Å². The summed E-state index contributed by atoms with van der Waals surface area (Å²) in [5, 5.41) is 0.715. The van der Waals surface area contributed by atoms with Crippen molar-refractivity contribution in [2.45, 2.75) is 51.6 Å². The number of likely N-dealkylation sites (tertiary alicyclic amines) is 1. The number of carbonyl (C=O) groups is 1. The summed E-state index contributed by atoms with van der Waals surface area (Å²) in [5.41, 5.74) is 7.36. The van der Waals surface area contributed by atoms with Gasteiger partial charge in [-0.3, -0.25) is 0 Å². The van der Waals surface area contributed by atoms with E-state index in [1.807, 2.05) is 56.0 Å². The molecule has 0 radical (unpaired) electrons. The van der Waals surface area contributed by atoms with Gasteiger partial charge in [-0.2, -0.15) is 0 Å². The van der Waals surface area contributed by atoms with Crippen LogP contribution in [0.2, 0.25) is 5.02 Å². The fourth-order valence-electron chi connectivity index (χ4n) is 3.95. The van der Waals surface area contributed by atoms with Crippen LogP contribution in [0.15, 0.2) is 61.4 Å². The summed E-state index contributed by atoms with van der Waals surface area (Å²) in [6.45, 7) is 10.9. The fraction of sp³-hybridized carbons (Fsp3) is 0.423. The van der Waals surface area contributed by atoms with E-state index in [-0.39, 0.29) is 6.09 Å². The average Bonchev–Trinajstić information content (AvgIpc) is 2.72. The molecule has 31 heavy (non-hydrogen) atoms. The molecular formula is C26H35ClN2O2. The summed E-state index contributed by atoms with van der Waals surface area (Å²) in [6.07, 6.45) is 15.8. The molecule has 0 bridgehead atoms. The van der Waals surface area contributed by atoms with E-state index in [0.29, 0.717) is 29.9 Å². The van der Waals surface area contributed by atoms with E-state index >= 15 is 0 Å². The number of piperidine rings is 1. The SMILES string of the molecule is C=C/C=C/c1cc(Cl)ccc1C(C/C=C\C=C/N)C1CCN(C(=O)OC(C)(C)C)CC1. The molecule has 1 aliphatic heterocycles. The molecule has 0 aliphatic carbocycles. The Labute approximate surface area is 192 Å². The Bertz CT molecular complexity index is 828. The predicted molar refractivity (Wildman–Crippen MR) is 131 cm³/mol. The second-order valence-electron chi connectivity index (χ2n) is 8.83. The number of benzene rings is 1. The number of nitrogens with zero attached hydrogens (tertiary/aromatic N) is 1. The molecule has 168 valence electrons. The first-order valence-corrected chi connectivity index (χ1v) is 11.2. The van der Waals surface area contributed by atoms with Gasteiger partial charge in [0.1, 0.15) is 5.60 Å². The zero-order valence-corrected chi connectivity index (χ0v) is 19.6. The van der Waals surface area contributed by atoms with Gasteiger partial charge in [0.25, 0.3) is 0 Å². The van der Waals surface area contributed by atoms with Gasteiger partial charge in [-0.15, -0.1) is 0 Å². The number of ether oxygens (including phenoxy) is 1. The summed E-state index contributed by atoms with van der Waals surface area (Å²) < 4.78 is 5.55. The highest BCUT2D eigenvalue weighted by atomic mass is 35.5. The molecule has 2 N–H and O–H groups in total. The minimum atomic E-state index is -0.479. The van der Waals surface area contributed by atoms with Crippen molar-refractivity contribution in [3.8, 4) is 0 Å². The highest BCUT2D eigenvalue weighted by molar-refractivity contribution is 6.30. The number of nitrogens with two attached hydrogens (primary N) is 1. The van der Waals surface area contributed by atoms with Crippen molar-refractivity contribution in [2.75, 3.05) is 13.1 Å². The van der Waals surface area contributed by atoms with Crippen LogP contribution in [0.1, 0.15) is 57.1 Å². The maximum Gasteiger partial charge on any atom is 0.410 e. The van der Waals surface area contributed by atoms with Crippen LogP contribution >= 0.6 is 11.6 Å². The minimum Gasteiger partial charge on any atom is -0.444 e. The lowest BCUT2D eigenvalue weighted by Crippen LogP contribution is -2.42. The van der Waals surface area contributed by atoms with E-state index in [0.717, 1.165) is 24.8 Å². The van der Waals surface area contributed by atoms with Gasteiger partial charge in [-0.05, 0) is 87.4 Å². The summed E-state index contributed by atoms with van der Waals surface area (Å²) in [5.74, 6) is 0.757. The number of hydrogen-bond donors (Lipinski definition) is 1. The number of halogens is 1. The molecule has 0 spiro atoms. The predicted octanol–water partition coefficient (Wildman–Crippen LogP) is 6.69. The van der Waals surface area contributed by atoms with Gasteiger partial charge in [-0.25, -0.2) is 4.79 Å². The third-order valence-corrected chi connectivity index (χ3v) is 5.60. The van der Waals surface area contributed by atoms with E-state index in [9.17, 15) is 4.79 Å². The quantitative estimate of drug-likeness (QED) is 0.478. The molecule has 1 atom stereocenters. The largest absolute Gasteiger partial charge is 0.444 e. The van der Waals surface area contributed by atoms with E-state index in [1.54, 1.807) is 6.08 Å². The molecule has 1 aliphatic rings. The molecule has 2 rings (SSSR count). The van der Waals surface area contributed by atoms with Crippen molar-refractivity contribution in [2.24, 2.45) is 11.7 Å². The van der Waals surface area contributed by atoms with Gasteiger partial charge >= 0.3 is 6.09 Å². The van der Waals surface area contributed by atoms with Gasteiger partial charge in [0.05, 0.1) is 0 Å². The smallest absolute Gasteiger partial charge is 0.410 e. The van der Waals surface area contributed by atoms with Gasteiger partial charge in [0, 0.05) is 18.1 Å². The molecule has 1 aromatic rings. The summed E-state index contributed by atoms with van der Waals surface area (Å²) in [6, 6.07) is 6.08. The van der Waals surface area contributed by atoms with E-state index in [1.165, 1.54) is 11.8 Å². The van der Waals surface area contributed by atoms with E-state index < -0.39 is 5.60 Å². The average molecular weight is 443 g/mol. The second-order valence-corrected chi connectivity index (χ2v) is 9.26. The third kappa shape index (κ3) is 7.95. The number of rotatable bonds is 7. The van der Waals surface area contributed by atoms with Crippen LogP contribution in [0, 0.1) is 5.92 Å². The molecule has 1 saturated heterocycles. The molecule has 1 amide bonds. The van der Waals surface area contributed by atoms with Crippen LogP contribution in [0.3, 0.4) is 0 Å². The Kier molecular flexibility index (Phi) is 9.44. The normalized spacial score (nSPS) is 17.0. The monoisotopic (exact) mass is 442 g/mol. The zero-order chi connectivity index (χ0) is 22.9. The highest BCUT2D eigenvalue weighted by Crippen LogP contribution is 2.38. The topological polar surface area (TPSA) is 55.6 Å². The van der Waals surface area contributed by atoms with Crippen molar-refractivity contribution in [3.05, 3.63) is 77.5 Å². The van der Waals surface area contributed by atoms with Crippen LogP contribution < -0.4 is 5.73 Å². The lowest BCUT2D eigenvalue weighted by molar-refractivity contribution is 0.0174. The highest BCUT2D eigenvalue weighted by Gasteiger charge is 2.31. The maximum atomic E-state index is 12.5. The molecule has 0 aromatic heterocycles. The van der Waals surface area contributed by atoms with Crippen molar-refractivity contribution < 1.29 is 9.53 Å². The molecule has 0 saturated carbocycles. The second kappa shape index (κ2) is 11.8. The molecule has 1 fully saturated rings. The fourth-order valence-corrected chi connectivity index (χ4v) is 4.13. The Balaban J connectivity index is 2.23. The lowest BCUT2D eigenvalue weighted by atomic mass is 9.76. The van der Waals surface area contributed by atoms with Gasteiger partial charge in [-0.1, -0.05) is 54.6 Å². The van der Waals surface area contributed by atoms with Crippen LogP contribution in [-0.2, 0) is 4.74 Å². The first-order valence-electron chi connectivity index (χ1n) is 10.8. The van der Waals surface area contributed by atoms with Gasteiger partial charge in [0.2, 0.25) is 0 Å². The Morgan fingerprint density at radius 3 is 2.61 bits per heavy atom. The van der Waals surface area contributed by atoms with Crippen LogP contribution in [0.4, 0.5) is 4.79 Å². The van der Waals surface area contributed by atoms with Crippen LogP contribution in [0.5, 0.6) is 0 Å². The minimum absolute atomic E-state index is 0.225. The first kappa shape index (κ1) is 24.8. The van der Waals surface area contributed by atoms with Crippen molar-refractivity contribution in [3.63, 3.8) is 0 Å². The molecule has 4 nitrogen and oxygen atoms in total. The van der Waals surface area contributed by atoms with Crippen molar-refractivity contribution in [1.29, 1.82) is 0 Å². The Morgan fingerprint density at radius 1 is 1.29 bits per heavy atom. The molecule has 1 heterocycles. The molecule has 5 heteroatoms. The Morgan fingerprint density at radius 2 is 2.00 bits per heavy atom. The first-order chi connectivity index (χ1) is 14.7. The van der Waals surface area contributed by atoms with E-state index in [4.69, 9.17) is 22.1 Å². The third-order valence-electron chi connectivity index (χ3n) is 5.37. The molecule has 1 aromatic carbocycles. The number of amides is 1.